The Labute approximate surface area is 190 Å². The predicted octanol–water partition coefficient (Wildman–Crippen LogP) is 4.12. The fourth-order valence-corrected chi connectivity index (χ4v) is 4.60. The highest BCUT2D eigenvalue weighted by atomic mass is 32.2. The number of hydrogen-bond acceptors (Lipinski definition) is 5. The Kier molecular flexibility index (Phi) is 6.32. The lowest BCUT2D eigenvalue weighted by Crippen LogP contribution is -2.17. The normalized spacial score (nSPS) is 11.4. The third-order valence-electron chi connectivity index (χ3n) is 5.18. The van der Waals surface area contributed by atoms with E-state index in [1.807, 2.05) is 6.07 Å². The molecule has 170 valence electrons. The second-order valence-electron chi connectivity index (χ2n) is 7.59. The molecular weight excluding hydrogens is 442 g/mol. The molecule has 0 aliphatic heterocycles. The Balaban J connectivity index is 1.39. The molecule has 0 fully saturated rings. The summed E-state index contributed by atoms with van der Waals surface area (Å²) in [5, 5.41) is 2.78. The summed E-state index contributed by atoms with van der Waals surface area (Å²) in [6, 6.07) is 20.2. The average molecular weight is 466 g/mol. The maximum atomic E-state index is 12.6. The fraction of sp³-hybridized carbons (Fsp3) is 0.167. The summed E-state index contributed by atoms with van der Waals surface area (Å²) in [6.07, 6.45) is 0.625. The van der Waals surface area contributed by atoms with E-state index in [4.69, 9.17) is 4.42 Å². The quantitative estimate of drug-likeness (QED) is 0.407. The summed E-state index contributed by atoms with van der Waals surface area (Å²) in [5.41, 5.74) is 2.78. The number of para-hydroxylation sites is 2. The van der Waals surface area contributed by atoms with Crippen LogP contribution in [0.25, 0.3) is 11.1 Å². The summed E-state index contributed by atoms with van der Waals surface area (Å²) in [7, 11) is -3.75. The lowest BCUT2D eigenvalue weighted by molar-refractivity contribution is -0.116. The minimum Gasteiger partial charge on any atom is -0.408 e. The summed E-state index contributed by atoms with van der Waals surface area (Å²) < 4.78 is 34.5. The zero-order chi connectivity index (χ0) is 23.4. The largest absolute Gasteiger partial charge is 0.419 e. The van der Waals surface area contributed by atoms with Crippen molar-refractivity contribution in [1.82, 2.24) is 4.57 Å². The van der Waals surface area contributed by atoms with Crippen LogP contribution in [-0.2, 0) is 21.4 Å². The maximum Gasteiger partial charge on any atom is 0.419 e. The second kappa shape index (κ2) is 9.33. The number of amides is 1. The van der Waals surface area contributed by atoms with Gasteiger partial charge in [0.1, 0.15) is 0 Å². The summed E-state index contributed by atoms with van der Waals surface area (Å²) >= 11 is 0. The van der Waals surface area contributed by atoms with Gasteiger partial charge in [0.15, 0.2) is 5.58 Å². The van der Waals surface area contributed by atoms with Gasteiger partial charge >= 0.3 is 5.76 Å². The van der Waals surface area contributed by atoms with Crippen LogP contribution in [0.4, 0.5) is 11.4 Å². The molecule has 0 aliphatic rings. The van der Waals surface area contributed by atoms with Crippen molar-refractivity contribution in [3.8, 4) is 0 Å². The van der Waals surface area contributed by atoms with Crippen molar-refractivity contribution < 1.29 is 17.6 Å². The molecule has 2 N–H and O–H groups in total. The molecule has 4 rings (SSSR count). The number of carbonyl (C=O) groups excluding carboxylic acids is 1. The van der Waals surface area contributed by atoms with Crippen LogP contribution in [0.15, 0.2) is 86.9 Å². The van der Waals surface area contributed by atoms with Crippen LogP contribution in [0, 0.1) is 6.92 Å². The summed E-state index contributed by atoms with van der Waals surface area (Å²) in [5.74, 6) is -0.693. The van der Waals surface area contributed by atoms with Crippen LogP contribution in [0.3, 0.4) is 0 Å². The van der Waals surface area contributed by atoms with Crippen LogP contribution in [-0.4, -0.2) is 18.9 Å². The van der Waals surface area contributed by atoms with Gasteiger partial charge in [-0.3, -0.25) is 14.1 Å². The third kappa shape index (κ3) is 5.15. The topological polar surface area (TPSA) is 110 Å². The van der Waals surface area contributed by atoms with Gasteiger partial charge in [-0.1, -0.05) is 36.4 Å². The molecule has 8 nitrogen and oxygen atoms in total. The third-order valence-corrected chi connectivity index (χ3v) is 6.56. The molecular formula is C24H23N3O5S. The molecule has 0 bridgehead atoms. The van der Waals surface area contributed by atoms with Gasteiger partial charge in [0.25, 0.3) is 10.0 Å². The molecule has 0 saturated heterocycles. The van der Waals surface area contributed by atoms with Crippen LogP contribution >= 0.6 is 0 Å². The molecule has 1 aromatic heterocycles. The first-order valence-electron chi connectivity index (χ1n) is 10.4. The van der Waals surface area contributed by atoms with E-state index in [0.29, 0.717) is 35.4 Å². The van der Waals surface area contributed by atoms with Gasteiger partial charge in [-0.25, -0.2) is 13.2 Å². The highest BCUT2D eigenvalue weighted by Crippen LogP contribution is 2.24. The Hall–Kier alpha value is -3.85. The standard InChI is InChI=1S/C24H23N3O5S/c1-17-13-14-18(16-20(17)26-33(30,31)19-8-3-2-4-9-19)25-23(28)12-7-15-27-21-10-5-6-11-22(21)32-24(27)29/h2-6,8-11,13-14,16,26H,7,12,15H2,1H3,(H,25,28). The maximum absolute atomic E-state index is 12.6. The predicted molar refractivity (Wildman–Crippen MR) is 127 cm³/mol. The lowest BCUT2D eigenvalue weighted by atomic mass is 10.2. The lowest BCUT2D eigenvalue weighted by Gasteiger charge is -2.13. The number of rotatable bonds is 8. The second-order valence-corrected chi connectivity index (χ2v) is 9.27. The van der Waals surface area contributed by atoms with Gasteiger partial charge in [0.2, 0.25) is 5.91 Å². The zero-order valence-corrected chi connectivity index (χ0v) is 18.8. The number of carbonyl (C=O) groups is 1. The molecule has 9 heteroatoms. The fourth-order valence-electron chi connectivity index (χ4n) is 3.46. The number of oxazole rings is 1. The number of sulfonamides is 1. The van der Waals surface area contributed by atoms with Crippen LogP contribution in [0.1, 0.15) is 18.4 Å². The van der Waals surface area contributed by atoms with Crippen molar-refractivity contribution in [2.45, 2.75) is 31.2 Å². The SMILES string of the molecule is Cc1ccc(NC(=O)CCCn2c(=O)oc3ccccc32)cc1NS(=O)(=O)c1ccccc1. The van der Waals surface area contributed by atoms with Gasteiger partial charge in [0.05, 0.1) is 16.1 Å². The Morgan fingerprint density at radius 2 is 1.73 bits per heavy atom. The molecule has 4 aromatic rings. The monoisotopic (exact) mass is 465 g/mol. The highest BCUT2D eigenvalue weighted by molar-refractivity contribution is 7.92. The van der Waals surface area contributed by atoms with E-state index in [1.54, 1.807) is 61.5 Å². The van der Waals surface area contributed by atoms with Crippen molar-refractivity contribution in [1.29, 1.82) is 0 Å². The molecule has 0 atom stereocenters. The number of benzene rings is 3. The minimum absolute atomic E-state index is 0.154. The Morgan fingerprint density at radius 1 is 1.00 bits per heavy atom. The molecule has 0 spiro atoms. The first-order valence-corrected chi connectivity index (χ1v) is 11.9. The van der Waals surface area contributed by atoms with E-state index >= 15 is 0 Å². The number of fused-ring (bicyclic) bond motifs is 1. The first kappa shape index (κ1) is 22.3. The number of nitrogens with zero attached hydrogens (tertiary/aromatic N) is 1. The van der Waals surface area contributed by atoms with Crippen molar-refractivity contribution in [2.24, 2.45) is 0 Å². The van der Waals surface area contributed by atoms with Crippen LogP contribution < -0.4 is 15.8 Å². The van der Waals surface area contributed by atoms with E-state index in [9.17, 15) is 18.0 Å². The molecule has 1 amide bonds. The zero-order valence-electron chi connectivity index (χ0n) is 17.9. The van der Waals surface area contributed by atoms with Gasteiger partial charge in [-0.15, -0.1) is 0 Å². The van der Waals surface area contributed by atoms with E-state index in [-0.39, 0.29) is 17.2 Å². The van der Waals surface area contributed by atoms with E-state index < -0.39 is 15.8 Å². The minimum atomic E-state index is -3.75. The van der Waals surface area contributed by atoms with Crippen molar-refractivity contribution in [3.63, 3.8) is 0 Å². The van der Waals surface area contributed by atoms with Gasteiger partial charge in [-0.2, -0.15) is 0 Å². The number of aryl methyl sites for hydroxylation is 2. The summed E-state index contributed by atoms with van der Waals surface area (Å²) in [6.45, 7) is 2.13. The van der Waals surface area contributed by atoms with Crippen molar-refractivity contribution in [3.05, 3.63) is 88.9 Å². The number of nitrogens with one attached hydrogen (secondary N) is 2. The van der Waals surface area contributed by atoms with Crippen LogP contribution in [0.2, 0.25) is 0 Å². The average Bonchev–Trinajstić information content (AvgIpc) is 3.11. The molecule has 3 aromatic carbocycles. The molecule has 0 unspecified atom stereocenters. The number of hydrogen-bond donors (Lipinski definition) is 2. The molecule has 0 radical (unpaired) electrons. The van der Waals surface area contributed by atoms with E-state index in [2.05, 4.69) is 10.0 Å². The van der Waals surface area contributed by atoms with E-state index in [1.165, 1.54) is 16.7 Å². The molecule has 0 aliphatic carbocycles. The van der Waals surface area contributed by atoms with Gasteiger partial charge < -0.3 is 9.73 Å². The van der Waals surface area contributed by atoms with Crippen LogP contribution in [0.5, 0.6) is 0 Å². The van der Waals surface area contributed by atoms with Gasteiger partial charge in [-0.05, 0) is 55.3 Å². The molecule has 33 heavy (non-hydrogen) atoms. The van der Waals surface area contributed by atoms with Gasteiger partial charge in [0, 0.05) is 18.7 Å². The number of aromatic nitrogens is 1. The summed E-state index contributed by atoms with van der Waals surface area (Å²) in [4.78, 5) is 24.6. The highest BCUT2D eigenvalue weighted by Gasteiger charge is 2.15. The Bertz CT molecular complexity index is 1460. The van der Waals surface area contributed by atoms with E-state index in [0.717, 1.165) is 5.56 Å². The Morgan fingerprint density at radius 3 is 2.52 bits per heavy atom. The molecule has 0 saturated carbocycles. The smallest absolute Gasteiger partial charge is 0.408 e. The first-order chi connectivity index (χ1) is 15.8. The van der Waals surface area contributed by atoms with Crippen molar-refractivity contribution >= 4 is 38.4 Å². The number of anilines is 2. The van der Waals surface area contributed by atoms with Crippen molar-refractivity contribution in [2.75, 3.05) is 10.0 Å². The molecule has 1 heterocycles.